The molecule has 0 aromatic heterocycles. The highest BCUT2D eigenvalue weighted by Gasteiger charge is 2.38. The van der Waals surface area contributed by atoms with Crippen LogP contribution in [-0.2, 0) is 25.2 Å². The number of hydrogen-bond acceptors (Lipinski definition) is 9. The van der Waals surface area contributed by atoms with Crippen LogP contribution in [0.1, 0.15) is 79.4 Å². The first-order chi connectivity index (χ1) is 25.3. The molecule has 1 aliphatic carbocycles. The standard InChI is InChI=1S/C37H39N4O11P/c38-53(49,50)51-17-16-40-35(45)23-7-5-22(6-8-23)21-41-33(44)4-2-1-3-15-39-36(46)24-9-12-27(30(18-24)37(47)48)34-28-13-10-25(42)19-31(28)52-32-20-26(43)11-14-29(32)34/h5-14,18-20,28,34,43H,1-4,15-17,21H2,(H,39,46)(H,40,45)(H,41,44)(H,47,48)(H3,38,49,50). The molecule has 0 saturated carbocycles. The summed E-state index contributed by atoms with van der Waals surface area (Å²) in [5.41, 5.74) is 7.16. The molecule has 8 N–H and O–H groups in total. The summed E-state index contributed by atoms with van der Waals surface area (Å²) < 4.78 is 21.3. The van der Waals surface area contributed by atoms with Crippen LogP contribution in [0.5, 0.6) is 11.5 Å². The third kappa shape index (κ3) is 10.5. The molecule has 0 saturated heterocycles. The van der Waals surface area contributed by atoms with Crippen LogP contribution in [-0.4, -0.2) is 64.3 Å². The summed E-state index contributed by atoms with van der Waals surface area (Å²) in [5, 5.41) is 28.4. The van der Waals surface area contributed by atoms with Crippen LogP contribution < -0.4 is 26.2 Å². The molecule has 15 nitrogen and oxygen atoms in total. The van der Waals surface area contributed by atoms with Crippen molar-refractivity contribution in [2.45, 2.75) is 38.1 Å². The van der Waals surface area contributed by atoms with Crippen LogP contribution in [0.2, 0.25) is 0 Å². The lowest BCUT2D eigenvalue weighted by Gasteiger charge is -2.35. The van der Waals surface area contributed by atoms with Gasteiger partial charge in [0.25, 0.3) is 11.8 Å². The monoisotopic (exact) mass is 746 g/mol. The Morgan fingerprint density at radius 1 is 0.868 bits per heavy atom. The summed E-state index contributed by atoms with van der Waals surface area (Å²) in [6.45, 7) is 0.366. The summed E-state index contributed by atoms with van der Waals surface area (Å²) in [4.78, 5) is 71.0. The van der Waals surface area contributed by atoms with Crippen molar-refractivity contribution in [1.82, 2.24) is 16.0 Å². The Morgan fingerprint density at radius 3 is 2.30 bits per heavy atom. The number of ketones is 1. The molecule has 5 rings (SSSR count). The number of carbonyl (C=O) groups excluding carboxylic acids is 4. The van der Waals surface area contributed by atoms with Crippen molar-refractivity contribution in [1.29, 1.82) is 0 Å². The van der Waals surface area contributed by atoms with Gasteiger partial charge in [0.1, 0.15) is 17.3 Å². The molecule has 0 bridgehead atoms. The van der Waals surface area contributed by atoms with Gasteiger partial charge in [-0.15, -0.1) is 0 Å². The van der Waals surface area contributed by atoms with E-state index in [2.05, 4.69) is 20.5 Å². The topological polar surface area (TPSA) is 244 Å². The number of ether oxygens (including phenoxy) is 1. The molecule has 3 unspecified atom stereocenters. The molecule has 3 atom stereocenters. The van der Waals surface area contributed by atoms with Gasteiger partial charge < -0.3 is 35.8 Å². The number of aromatic carboxylic acids is 1. The van der Waals surface area contributed by atoms with Crippen molar-refractivity contribution in [3.05, 3.63) is 118 Å². The first kappa shape index (κ1) is 38.6. The van der Waals surface area contributed by atoms with Crippen molar-refractivity contribution in [3.8, 4) is 11.5 Å². The minimum atomic E-state index is -4.10. The number of allylic oxidation sites excluding steroid dienone is 3. The molecule has 3 amide bonds. The van der Waals surface area contributed by atoms with E-state index < -0.39 is 37.4 Å². The van der Waals surface area contributed by atoms with E-state index in [0.29, 0.717) is 54.0 Å². The maximum atomic E-state index is 13.0. The van der Waals surface area contributed by atoms with Crippen molar-refractivity contribution in [2.75, 3.05) is 19.7 Å². The molecule has 0 radical (unpaired) electrons. The fourth-order valence-corrected chi connectivity index (χ4v) is 6.40. The van der Waals surface area contributed by atoms with Crippen LogP contribution in [0, 0.1) is 5.92 Å². The van der Waals surface area contributed by atoms with Gasteiger partial charge in [0.05, 0.1) is 12.2 Å². The van der Waals surface area contributed by atoms with E-state index in [4.69, 9.17) is 15.1 Å². The Hall–Kier alpha value is -5.60. The Bertz CT molecular complexity index is 2010. The van der Waals surface area contributed by atoms with Crippen LogP contribution in [0.4, 0.5) is 0 Å². The lowest BCUT2D eigenvalue weighted by molar-refractivity contribution is -0.121. The minimum absolute atomic E-state index is 0.00256. The van der Waals surface area contributed by atoms with E-state index in [-0.39, 0.29) is 54.7 Å². The average Bonchev–Trinajstić information content (AvgIpc) is 3.12. The quantitative estimate of drug-likeness (QED) is 0.0821. The van der Waals surface area contributed by atoms with Crippen molar-refractivity contribution < 1.29 is 52.9 Å². The molecule has 1 aliphatic heterocycles. The zero-order valence-corrected chi connectivity index (χ0v) is 29.3. The van der Waals surface area contributed by atoms with Gasteiger partial charge >= 0.3 is 13.7 Å². The number of carboxylic acid groups (broad SMARTS) is 1. The number of nitrogens with two attached hydrogens (primary N) is 1. The zero-order valence-electron chi connectivity index (χ0n) is 28.4. The highest BCUT2D eigenvalue weighted by Crippen LogP contribution is 2.49. The predicted octanol–water partition coefficient (Wildman–Crippen LogP) is 3.67. The molecule has 53 heavy (non-hydrogen) atoms. The SMILES string of the molecule is NP(=O)(O)OCCNC(=O)c1ccc(CNC(=O)CCCCCNC(=O)c2ccc(C3c4ccc(O)cc4OC4=CC(=O)C=CC43)c(C(=O)O)c2)cc1. The Balaban J connectivity index is 1.06. The molecule has 16 heteroatoms. The number of aromatic hydroxyl groups is 1. The molecule has 3 aromatic carbocycles. The van der Waals surface area contributed by atoms with Gasteiger partial charge in [0.15, 0.2) is 5.78 Å². The van der Waals surface area contributed by atoms with Crippen LogP contribution >= 0.6 is 7.75 Å². The van der Waals surface area contributed by atoms with Gasteiger partial charge in [-0.05, 0) is 60.4 Å². The van der Waals surface area contributed by atoms with Crippen molar-refractivity contribution >= 4 is 37.2 Å². The number of unbranched alkanes of at least 4 members (excludes halogenated alkanes) is 2. The molecule has 3 aromatic rings. The predicted molar refractivity (Wildman–Crippen MR) is 191 cm³/mol. The number of nitrogens with one attached hydrogen (secondary N) is 3. The number of hydrogen-bond donors (Lipinski definition) is 7. The lowest BCUT2D eigenvalue weighted by atomic mass is 9.74. The Kier molecular flexibility index (Phi) is 12.6. The van der Waals surface area contributed by atoms with Gasteiger partial charge in [-0.25, -0.2) is 14.9 Å². The third-order valence-electron chi connectivity index (χ3n) is 8.62. The summed E-state index contributed by atoms with van der Waals surface area (Å²) in [5.74, 6) is -2.92. The molecular formula is C37H39N4O11P. The minimum Gasteiger partial charge on any atom is -0.508 e. The van der Waals surface area contributed by atoms with E-state index in [0.717, 1.165) is 5.56 Å². The molecular weight excluding hydrogens is 707 g/mol. The van der Waals surface area contributed by atoms with Gasteiger partial charge in [-0.2, -0.15) is 0 Å². The summed E-state index contributed by atoms with van der Waals surface area (Å²) >= 11 is 0. The average molecular weight is 747 g/mol. The molecule has 0 spiro atoms. The first-order valence-corrected chi connectivity index (χ1v) is 18.4. The van der Waals surface area contributed by atoms with E-state index in [1.165, 1.54) is 30.4 Å². The normalized spacial score (nSPS) is 16.9. The second-order valence-corrected chi connectivity index (χ2v) is 13.8. The summed E-state index contributed by atoms with van der Waals surface area (Å²) in [6.07, 6.45) is 6.54. The first-order valence-electron chi connectivity index (χ1n) is 16.8. The van der Waals surface area contributed by atoms with Crippen molar-refractivity contribution in [3.63, 3.8) is 0 Å². The molecule has 0 fully saturated rings. The molecule has 2 aliphatic rings. The molecule has 278 valence electrons. The Labute approximate surface area is 304 Å². The number of carbonyl (C=O) groups is 5. The van der Waals surface area contributed by atoms with E-state index >= 15 is 0 Å². The Morgan fingerprint density at radius 2 is 1.57 bits per heavy atom. The lowest BCUT2D eigenvalue weighted by Crippen LogP contribution is -2.28. The van der Waals surface area contributed by atoms with Gasteiger partial charge in [-0.3, -0.25) is 23.7 Å². The molecule has 1 heterocycles. The fraction of sp³-hybridized carbons (Fsp3) is 0.270. The number of rotatable bonds is 16. The number of amides is 3. The highest BCUT2D eigenvalue weighted by atomic mass is 31.2. The third-order valence-corrected chi connectivity index (χ3v) is 9.17. The van der Waals surface area contributed by atoms with Gasteiger partial charge in [0.2, 0.25) is 5.91 Å². The highest BCUT2D eigenvalue weighted by molar-refractivity contribution is 7.50. The van der Waals surface area contributed by atoms with Gasteiger partial charge in [0, 0.05) is 66.7 Å². The van der Waals surface area contributed by atoms with Crippen LogP contribution in [0.25, 0.3) is 0 Å². The second-order valence-electron chi connectivity index (χ2n) is 12.4. The van der Waals surface area contributed by atoms with Crippen LogP contribution in [0.3, 0.4) is 0 Å². The smallest absolute Gasteiger partial charge is 0.400 e. The number of phenols is 1. The van der Waals surface area contributed by atoms with E-state index in [1.807, 2.05) is 0 Å². The fourth-order valence-electron chi connectivity index (χ4n) is 6.05. The zero-order chi connectivity index (χ0) is 38.1. The summed E-state index contributed by atoms with van der Waals surface area (Å²) in [7, 11) is -4.10. The van der Waals surface area contributed by atoms with E-state index in [1.54, 1.807) is 48.5 Å². The largest absolute Gasteiger partial charge is 0.508 e. The second kappa shape index (κ2) is 17.3. The summed E-state index contributed by atoms with van der Waals surface area (Å²) in [6, 6.07) is 15.6. The maximum Gasteiger partial charge on any atom is 0.400 e. The van der Waals surface area contributed by atoms with Crippen LogP contribution in [0.15, 0.2) is 84.7 Å². The number of carboxylic acids is 1. The van der Waals surface area contributed by atoms with Gasteiger partial charge in [-0.1, -0.05) is 36.8 Å². The maximum absolute atomic E-state index is 13.0. The number of phenolic OH excluding ortho intramolecular Hbond substituents is 1. The number of fused-ring (bicyclic) bond motifs is 2. The van der Waals surface area contributed by atoms with E-state index in [9.17, 15) is 38.8 Å². The number of benzene rings is 3. The van der Waals surface area contributed by atoms with Crippen molar-refractivity contribution in [2.24, 2.45) is 11.4 Å².